The Labute approximate surface area is 64.9 Å². The molecule has 0 aromatic heterocycles. The van der Waals surface area contributed by atoms with E-state index in [1.165, 1.54) is 0 Å². The maximum atomic E-state index is 5.70. The minimum atomic E-state index is 0.125. The average Bonchev–Trinajstić information content (AvgIpc) is 2.40. The Hall–Kier alpha value is -1.32. The van der Waals surface area contributed by atoms with Crippen molar-refractivity contribution < 1.29 is 0 Å². The molecule has 11 heavy (non-hydrogen) atoms. The van der Waals surface area contributed by atoms with Gasteiger partial charge >= 0.3 is 0 Å². The van der Waals surface area contributed by atoms with Crippen LogP contribution in [0.1, 0.15) is 6.42 Å². The molecule has 2 aliphatic rings. The molecule has 0 spiro atoms. The quantitative estimate of drug-likeness (QED) is 0.353. The second-order valence-corrected chi connectivity index (χ2v) is 3.16. The van der Waals surface area contributed by atoms with Crippen LogP contribution in [0.2, 0.25) is 0 Å². The molecule has 0 fully saturated rings. The molecule has 0 unspecified atom stereocenters. The summed E-state index contributed by atoms with van der Waals surface area (Å²) in [6.45, 7) is 0. The summed E-state index contributed by atoms with van der Waals surface area (Å²) >= 11 is 0. The summed E-state index contributed by atoms with van der Waals surface area (Å²) in [5, 5.41) is 0. The molecular formula is C7H12N4. The van der Waals surface area contributed by atoms with Crippen LogP contribution in [0.15, 0.2) is 22.8 Å². The van der Waals surface area contributed by atoms with E-state index in [1.54, 1.807) is 0 Å². The Balaban J connectivity index is 2.46. The molecule has 2 rings (SSSR count). The van der Waals surface area contributed by atoms with Crippen molar-refractivity contribution >= 4 is 0 Å². The molecule has 4 heteroatoms. The Morgan fingerprint density at radius 2 is 1.00 bits per heavy atom. The zero-order valence-electron chi connectivity index (χ0n) is 6.17. The molecule has 0 saturated heterocycles. The first-order valence-corrected chi connectivity index (χ1v) is 3.63. The first-order chi connectivity index (χ1) is 5.13. The second-order valence-electron chi connectivity index (χ2n) is 3.16. The van der Waals surface area contributed by atoms with Crippen LogP contribution in [0.25, 0.3) is 0 Å². The lowest BCUT2D eigenvalue weighted by atomic mass is 10.0. The highest BCUT2D eigenvalue weighted by Crippen LogP contribution is 2.44. The number of hydrogen-bond donors (Lipinski definition) is 4. The number of nitrogens with two attached hydrogens (primary N) is 4. The topological polar surface area (TPSA) is 104 Å². The van der Waals surface area contributed by atoms with Crippen LogP contribution in [0, 0.1) is 11.8 Å². The summed E-state index contributed by atoms with van der Waals surface area (Å²) in [7, 11) is 0. The summed E-state index contributed by atoms with van der Waals surface area (Å²) in [6, 6.07) is 0. The van der Waals surface area contributed by atoms with Gasteiger partial charge in [-0.05, 0) is 6.42 Å². The normalized spacial score (nSPS) is 35.6. The smallest absolute Gasteiger partial charge is 0.0426 e. The molecule has 4 nitrogen and oxygen atoms in total. The van der Waals surface area contributed by atoms with Gasteiger partial charge in [0.2, 0.25) is 0 Å². The lowest BCUT2D eigenvalue weighted by Gasteiger charge is -2.15. The fourth-order valence-electron chi connectivity index (χ4n) is 1.88. The van der Waals surface area contributed by atoms with Crippen molar-refractivity contribution in [3.05, 3.63) is 22.8 Å². The Bertz CT molecular complexity index is 224. The van der Waals surface area contributed by atoms with Gasteiger partial charge in [0.25, 0.3) is 0 Å². The third-order valence-electron chi connectivity index (χ3n) is 2.64. The van der Waals surface area contributed by atoms with Gasteiger partial charge in [-0.25, -0.2) is 0 Å². The van der Waals surface area contributed by atoms with Crippen molar-refractivity contribution in [2.24, 2.45) is 34.8 Å². The van der Waals surface area contributed by atoms with Crippen LogP contribution < -0.4 is 22.9 Å². The van der Waals surface area contributed by atoms with Crippen LogP contribution >= 0.6 is 0 Å². The van der Waals surface area contributed by atoms with Crippen molar-refractivity contribution in [3.8, 4) is 0 Å². The second kappa shape index (κ2) is 1.64. The van der Waals surface area contributed by atoms with Crippen LogP contribution in [0.5, 0.6) is 0 Å². The highest BCUT2D eigenvalue weighted by Gasteiger charge is 2.41. The molecule has 2 bridgehead atoms. The van der Waals surface area contributed by atoms with Crippen molar-refractivity contribution in [3.63, 3.8) is 0 Å². The average molecular weight is 152 g/mol. The van der Waals surface area contributed by atoms with E-state index in [9.17, 15) is 0 Å². The van der Waals surface area contributed by atoms with Gasteiger partial charge < -0.3 is 22.9 Å². The SMILES string of the molecule is NC1=C(N)C2CC1C(N)=C2N. The van der Waals surface area contributed by atoms with E-state index in [1.807, 2.05) is 0 Å². The maximum absolute atomic E-state index is 5.70. The highest BCUT2D eigenvalue weighted by atomic mass is 14.9. The minimum absolute atomic E-state index is 0.125. The van der Waals surface area contributed by atoms with E-state index in [2.05, 4.69) is 0 Å². The van der Waals surface area contributed by atoms with E-state index < -0.39 is 0 Å². The monoisotopic (exact) mass is 152 g/mol. The predicted octanol–water partition coefficient (Wildman–Crippen LogP) is -1.11. The summed E-state index contributed by atoms with van der Waals surface area (Å²) < 4.78 is 0. The molecule has 0 aromatic carbocycles. The van der Waals surface area contributed by atoms with Gasteiger partial charge in [0.05, 0.1) is 0 Å². The molecule has 0 saturated carbocycles. The Kier molecular flexibility index (Phi) is 0.952. The van der Waals surface area contributed by atoms with E-state index in [0.29, 0.717) is 0 Å². The zero-order chi connectivity index (χ0) is 8.17. The van der Waals surface area contributed by atoms with E-state index in [4.69, 9.17) is 22.9 Å². The molecular weight excluding hydrogens is 140 g/mol. The van der Waals surface area contributed by atoms with E-state index in [-0.39, 0.29) is 11.8 Å². The van der Waals surface area contributed by atoms with Crippen LogP contribution in [-0.2, 0) is 0 Å². The standard InChI is InChI=1S/C7H12N4/c8-4-2-1-3(6(4)10)7(11)5(2)9/h2-3H,1,8-11H2. The van der Waals surface area contributed by atoms with Gasteiger partial charge in [0, 0.05) is 34.6 Å². The molecule has 0 aromatic rings. The third kappa shape index (κ3) is 0.544. The summed E-state index contributed by atoms with van der Waals surface area (Å²) in [5.74, 6) is 0.250. The zero-order valence-corrected chi connectivity index (χ0v) is 6.17. The van der Waals surface area contributed by atoms with E-state index >= 15 is 0 Å². The summed E-state index contributed by atoms with van der Waals surface area (Å²) in [6.07, 6.45) is 0.884. The number of hydrogen-bond acceptors (Lipinski definition) is 4. The predicted molar refractivity (Wildman–Crippen MR) is 42.4 cm³/mol. The summed E-state index contributed by atoms with van der Waals surface area (Å²) in [4.78, 5) is 0. The lowest BCUT2D eigenvalue weighted by Crippen LogP contribution is -2.25. The van der Waals surface area contributed by atoms with Gasteiger partial charge in [0.15, 0.2) is 0 Å². The maximum Gasteiger partial charge on any atom is 0.0426 e. The van der Waals surface area contributed by atoms with Crippen LogP contribution in [0.4, 0.5) is 0 Å². The Morgan fingerprint density at radius 3 is 1.18 bits per heavy atom. The molecule has 0 radical (unpaired) electrons. The largest absolute Gasteiger partial charge is 0.400 e. The van der Waals surface area contributed by atoms with Crippen LogP contribution in [-0.4, -0.2) is 0 Å². The minimum Gasteiger partial charge on any atom is -0.400 e. The first-order valence-electron chi connectivity index (χ1n) is 3.63. The van der Waals surface area contributed by atoms with Gasteiger partial charge in [-0.3, -0.25) is 0 Å². The van der Waals surface area contributed by atoms with Crippen molar-refractivity contribution in [1.29, 1.82) is 0 Å². The first kappa shape index (κ1) is 6.39. The molecule has 0 atom stereocenters. The highest BCUT2D eigenvalue weighted by molar-refractivity contribution is 5.42. The molecule has 0 amide bonds. The number of rotatable bonds is 0. The van der Waals surface area contributed by atoms with Crippen LogP contribution in [0.3, 0.4) is 0 Å². The fraction of sp³-hybridized carbons (Fsp3) is 0.429. The van der Waals surface area contributed by atoms with Crippen molar-refractivity contribution in [2.75, 3.05) is 0 Å². The molecule has 8 N–H and O–H groups in total. The molecule has 60 valence electrons. The van der Waals surface area contributed by atoms with Gasteiger partial charge in [-0.2, -0.15) is 0 Å². The lowest BCUT2D eigenvalue weighted by molar-refractivity contribution is 0.664. The van der Waals surface area contributed by atoms with Gasteiger partial charge in [0.1, 0.15) is 0 Å². The van der Waals surface area contributed by atoms with Crippen molar-refractivity contribution in [1.82, 2.24) is 0 Å². The number of fused-ring (bicyclic) bond motifs is 2. The van der Waals surface area contributed by atoms with Gasteiger partial charge in [-0.15, -0.1) is 0 Å². The molecule has 0 heterocycles. The van der Waals surface area contributed by atoms with Gasteiger partial charge in [-0.1, -0.05) is 0 Å². The third-order valence-corrected chi connectivity index (χ3v) is 2.64. The van der Waals surface area contributed by atoms with E-state index in [0.717, 1.165) is 29.2 Å². The Morgan fingerprint density at radius 1 is 0.727 bits per heavy atom. The van der Waals surface area contributed by atoms with Crippen molar-refractivity contribution in [2.45, 2.75) is 6.42 Å². The molecule has 0 aliphatic heterocycles. The molecule has 2 aliphatic carbocycles. The summed E-state index contributed by atoms with van der Waals surface area (Å²) in [5.41, 5.74) is 25.7. The fourth-order valence-corrected chi connectivity index (χ4v) is 1.88.